The van der Waals surface area contributed by atoms with Crippen LogP contribution in [0.1, 0.15) is 40.5 Å². The standard InChI is InChI=1S/C16H32O4Si/c1-7-11-19-15(3)9-13-21(17-5,18-6)14-10-16(4)20-12-8-2/h7-8,11-12,15-16H,9-10,13-14H2,1-6H3/b11-7-,12-8-. The van der Waals surface area contributed by atoms with Gasteiger partial charge in [0.05, 0.1) is 24.7 Å². The Balaban J connectivity index is 4.34. The third-order valence-corrected chi connectivity index (χ3v) is 7.09. The van der Waals surface area contributed by atoms with Crippen molar-refractivity contribution in [2.24, 2.45) is 0 Å². The minimum absolute atomic E-state index is 0.176. The van der Waals surface area contributed by atoms with Crippen LogP contribution in [0.3, 0.4) is 0 Å². The van der Waals surface area contributed by atoms with E-state index in [1.165, 1.54) is 0 Å². The maximum absolute atomic E-state index is 5.77. The second-order valence-corrected chi connectivity index (χ2v) is 8.87. The predicted octanol–water partition coefficient (Wildman–Crippen LogP) is 4.38. The lowest BCUT2D eigenvalue weighted by Crippen LogP contribution is -2.41. The fourth-order valence-corrected chi connectivity index (χ4v) is 4.95. The molecule has 0 aromatic rings. The Kier molecular flexibility index (Phi) is 11.4. The highest BCUT2D eigenvalue weighted by molar-refractivity contribution is 6.67. The van der Waals surface area contributed by atoms with E-state index in [-0.39, 0.29) is 12.2 Å². The van der Waals surface area contributed by atoms with Crippen LogP contribution in [0.25, 0.3) is 0 Å². The molecule has 0 fully saturated rings. The van der Waals surface area contributed by atoms with Crippen molar-refractivity contribution >= 4 is 8.56 Å². The molecule has 0 spiro atoms. The quantitative estimate of drug-likeness (QED) is 0.395. The molecule has 0 aromatic heterocycles. The maximum atomic E-state index is 5.77. The topological polar surface area (TPSA) is 36.9 Å². The van der Waals surface area contributed by atoms with Crippen LogP contribution in [0.4, 0.5) is 0 Å². The number of hydrogen-bond acceptors (Lipinski definition) is 4. The summed E-state index contributed by atoms with van der Waals surface area (Å²) in [6.07, 6.45) is 9.48. The SMILES string of the molecule is C/C=C\OC(C)CC[Si](CCC(C)O/C=C\C)(OC)OC. The van der Waals surface area contributed by atoms with E-state index in [1.54, 1.807) is 26.7 Å². The molecule has 0 saturated heterocycles. The van der Waals surface area contributed by atoms with Crippen molar-refractivity contribution in [1.82, 2.24) is 0 Å². The summed E-state index contributed by atoms with van der Waals surface area (Å²) >= 11 is 0. The first-order valence-electron chi connectivity index (χ1n) is 7.67. The molecule has 0 aliphatic rings. The van der Waals surface area contributed by atoms with Crippen molar-refractivity contribution < 1.29 is 18.3 Å². The monoisotopic (exact) mass is 316 g/mol. The lowest BCUT2D eigenvalue weighted by atomic mass is 10.3. The summed E-state index contributed by atoms with van der Waals surface area (Å²) in [5.41, 5.74) is 0. The molecule has 0 aliphatic heterocycles. The van der Waals surface area contributed by atoms with Crippen LogP contribution in [0.5, 0.6) is 0 Å². The van der Waals surface area contributed by atoms with Gasteiger partial charge in [-0.2, -0.15) is 0 Å². The molecule has 124 valence electrons. The van der Waals surface area contributed by atoms with Gasteiger partial charge in [0.15, 0.2) is 0 Å². The van der Waals surface area contributed by atoms with Gasteiger partial charge in [-0.05, 0) is 52.6 Å². The summed E-state index contributed by atoms with van der Waals surface area (Å²) in [6, 6.07) is 1.85. The first kappa shape index (κ1) is 20.2. The minimum Gasteiger partial charge on any atom is -0.499 e. The zero-order valence-corrected chi connectivity index (χ0v) is 15.4. The van der Waals surface area contributed by atoms with Gasteiger partial charge >= 0.3 is 8.56 Å². The van der Waals surface area contributed by atoms with E-state index in [2.05, 4.69) is 13.8 Å². The minimum atomic E-state index is -2.16. The largest absolute Gasteiger partial charge is 0.499 e. The second kappa shape index (κ2) is 11.8. The van der Waals surface area contributed by atoms with Gasteiger partial charge < -0.3 is 18.3 Å². The summed E-state index contributed by atoms with van der Waals surface area (Å²) in [4.78, 5) is 0. The normalized spacial score (nSPS) is 15.5. The van der Waals surface area contributed by atoms with Crippen LogP contribution in [0.15, 0.2) is 24.7 Å². The van der Waals surface area contributed by atoms with Crippen molar-refractivity contribution in [2.45, 2.75) is 64.8 Å². The van der Waals surface area contributed by atoms with E-state index in [0.29, 0.717) is 0 Å². The molecule has 0 saturated carbocycles. The lowest BCUT2D eigenvalue weighted by molar-refractivity contribution is 0.143. The molecular formula is C16H32O4Si. The summed E-state index contributed by atoms with van der Waals surface area (Å²) in [6.45, 7) is 8.04. The van der Waals surface area contributed by atoms with Gasteiger partial charge in [0.25, 0.3) is 0 Å². The molecule has 2 unspecified atom stereocenters. The molecule has 0 aromatic carbocycles. The van der Waals surface area contributed by atoms with Crippen LogP contribution in [-0.2, 0) is 18.3 Å². The summed E-state index contributed by atoms with van der Waals surface area (Å²) in [5.74, 6) is 0. The Morgan fingerprint density at radius 1 is 0.810 bits per heavy atom. The van der Waals surface area contributed by atoms with Gasteiger partial charge in [0.2, 0.25) is 0 Å². The van der Waals surface area contributed by atoms with Gasteiger partial charge in [0, 0.05) is 14.2 Å². The number of hydrogen-bond donors (Lipinski definition) is 0. The van der Waals surface area contributed by atoms with Crippen molar-refractivity contribution in [3.8, 4) is 0 Å². The molecule has 0 bridgehead atoms. The number of rotatable bonds is 12. The van der Waals surface area contributed by atoms with Gasteiger partial charge in [-0.15, -0.1) is 0 Å². The van der Waals surface area contributed by atoms with E-state index in [9.17, 15) is 0 Å². The third-order valence-electron chi connectivity index (χ3n) is 3.50. The van der Waals surface area contributed by atoms with E-state index in [4.69, 9.17) is 18.3 Å². The highest BCUT2D eigenvalue weighted by atomic mass is 28.4. The van der Waals surface area contributed by atoms with Crippen LogP contribution in [-0.4, -0.2) is 35.0 Å². The Labute approximate surface area is 131 Å². The van der Waals surface area contributed by atoms with Gasteiger partial charge in [-0.3, -0.25) is 0 Å². The fraction of sp³-hybridized carbons (Fsp3) is 0.750. The average Bonchev–Trinajstić information content (AvgIpc) is 2.51. The summed E-state index contributed by atoms with van der Waals surface area (Å²) < 4.78 is 22.6. The highest BCUT2D eigenvalue weighted by Gasteiger charge is 2.35. The van der Waals surface area contributed by atoms with Crippen LogP contribution in [0.2, 0.25) is 12.1 Å². The van der Waals surface area contributed by atoms with Crippen molar-refractivity contribution in [3.63, 3.8) is 0 Å². The molecule has 0 N–H and O–H groups in total. The van der Waals surface area contributed by atoms with Gasteiger partial charge in [-0.25, -0.2) is 0 Å². The van der Waals surface area contributed by atoms with Crippen LogP contribution in [0, 0.1) is 0 Å². The fourth-order valence-electron chi connectivity index (χ4n) is 2.02. The molecule has 2 atom stereocenters. The van der Waals surface area contributed by atoms with Crippen molar-refractivity contribution in [1.29, 1.82) is 0 Å². The molecule has 0 rings (SSSR count). The van der Waals surface area contributed by atoms with Crippen LogP contribution < -0.4 is 0 Å². The van der Waals surface area contributed by atoms with Crippen molar-refractivity contribution in [2.75, 3.05) is 14.2 Å². The lowest BCUT2D eigenvalue weighted by Gasteiger charge is -2.29. The van der Waals surface area contributed by atoms with E-state index < -0.39 is 8.56 Å². The molecule has 21 heavy (non-hydrogen) atoms. The predicted molar refractivity (Wildman–Crippen MR) is 89.3 cm³/mol. The Morgan fingerprint density at radius 2 is 1.19 bits per heavy atom. The second-order valence-electron chi connectivity index (χ2n) is 5.23. The molecule has 0 heterocycles. The number of allylic oxidation sites excluding steroid dienone is 2. The zero-order chi connectivity index (χ0) is 16.1. The molecule has 0 aliphatic carbocycles. The van der Waals surface area contributed by atoms with Gasteiger partial charge in [0.1, 0.15) is 0 Å². The zero-order valence-electron chi connectivity index (χ0n) is 14.4. The van der Waals surface area contributed by atoms with E-state index in [0.717, 1.165) is 24.9 Å². The first-order chi connectivity index (χ1) is 10.0. The molecule has 4 nitrogen and oxygen atoms in total. The third kappa shape index (κ3) is 8.96. The molecule has 0 radical (unpaired) electrons. The summed E-state index contributed by atoms with van der Waals surface area (Å²) in [7, 11) is 1.35. The van der Waals surface area contributed by atoms with Crippen molar-refractivity contribution in [3.05, 3.63) is 24.7 Å². The maximum Gasteiger partial charge on any atom is 0.337 e. The van der Waals surface area contributed by atoms with Gasteiger partial charge in [-0.1, -0.05) is 12.2 Å². The smallest absolute Gasteiger partial charge is 0.337 e. The highest BCUT2D eigenvalue weighted by Crippen LogP contribution is 2.24. The Morgan fingerprint density at radius 3 is 1.48 bits per heavy atom. The Bertz CT molecular complexity index is 275. The number of ether oxygens (including phenoxy) is 2. The Hall–Kier alpha value is -0.783. The van der Waals surface area contributed by atoms with Crippen LogP contribution >= 0.6 is 0 Å². The molecule has 5 heteroatoms. The summed E-state index contributed by atoms with van der Waals surface area (Å²) in [5, 5.41) is 0. The first-order valence-corrected chi connectivity index (χ1v) is 9.90. The van der Waals surface area contributed by atoms with E-state index >= 15 is 0 Å². The van der Waals surface area contributed by atoms with E-state index in [1.807, 2.05) is 26.0 Å². The molecule has 0 amide bonds. The average molecular weight is 317 g/mol. The molecular weight excluding hydrogens is 284 g/mol.